The molecule has 102 valence electrons. The summed E-state index contributed by atoms with van der Waals surface area (Å²) >= 11 is -0.0713. The zero-order valence-corrected chi connectivity index (χ0v) is 11.1. The van der Waals surface area contributed by atoms with Crippen LogP contribution in [0, 0.1) is 0 Å². The number of hydrogen-bond donors (Lipinski definition) is 0. The summed E-state index contributed by atoms with van der Waals surface area (Å²) in [4.78, 5) is 11.0. The zero-order chi connectivity index (χ0) is 13.8. The van der Waals surface area contributed by atoms with E-state index in [9.17, 15) is 18.0 Å². The predicted octanol–water partition coefficient (Wildman–Crippen LogP) is 3.07. The normalized spacial score (nSPS) is 11.8. The van der Waals surface area contributed by atoms with Gasteiger partial charge < -0.3 is 0 Å². The second-order valence-corrected chi connectivity index (χ2v) is 4.81. The minimum absolute atomic E-state index is 0.0713. The van der Waals surface area contributed by atoms with Gasteiger partial charge in [0.15, 0.2) is 6.29 Å². The number of nitrogens with zero attached hydrogens (tertiary/aromatic N) is 2. The molecular weight excluding hydrogens is 265 g/mol. The molecule has 1 rings (SSSR count). The summed E-state index contributed by atoms with van der Waals surface area (Å²) in [6.07, 6.45) is 1.91. The molecule has 1 aromatic heterocycles. The van der Waals surface area contributed by atoms with Gasteiger partial charge in [0.05, 0.1) is 17.8 Å². The maximum atomic E-state index is 12.0. The molecule has 3 nitrogen and oxygen atoms in total. The molecule has 0 amide bonds. The van der Waals surface area contributed by atoms with Gasteiger partial charge in [0.1, 0.15) is 0 Å². The summed E-state index contributed by atoms with van der Waals surface area (Å²) in [5, 5.41) is 4.19. The highest BCUT2D eigenvalue weighted by atomic mass is 32.2. The zero-order valence-electron chi connectivity index (χ0n) is 10.3. The summed E-state index contributed by atoms with van der Waals surface area (Å²) in [6, 6.07) is 0. The second kappa shape index (κ2) is 6.26. The van der Waals surface area contributed by atoms with Gasteiger partial charge in [0.2, 0.25) is 0 Å². The molecule has 0 radical (unpaired) electrons. The molecule has 0 atom stereocenters. The summed E-state index contributed by atoms with van der Waals surface area (Å²) in [5.41, 5.74) is -2.33. The second-order valence-electron chi connectivity index (χ2n) is 3.65. The highest BCUT2D eigenvalue weighted by molar-refractivity contribution is 8.00. The molecule has 0 fully saturated rings. The van der Waals surface area contributed by atoms with Crippen LogP contribution < -0.4 is 0 Å². The molecule has 0 saturated heterocycles. The Balaban J connectivity index is 2.82. The predicted molar refractivity (Wildman–Crippen MR) is 64.9 cm³/mol. The van der Waals surface area contributed by atoms with Crippen LogP contribution in [0.4, 0.5) is 13.2 Å². The van der Waals surface area contributed by atoms with Gasteiger partial charge >= 0.3 is 5.51 Å². The molecule has 0 aliphatic heterocycles. The van der Waals surface area contributed by atoms with Crippen molar-refractivity contribution in [3.63, 3.8) is 0 Å². The van der Waals surface area contributed by atoms with E-state index in [1.54, 1.807) is 0 Å². The number of aromatic nitrogens is 2. The Kier molecular flexibility index (Phi) is 5.25. The lowest BCUT2D eigenvalue weighted by Crippen LogP contribution is -2.10. The van der Waals surface area contributed by atoms with E-state index in [0.29, 0.717) is 29.8 Å². The molecule has 1 aromatic rings. The lowest BCUT2D eigenvalue weighted by molar-refractivity contribution is -0.0328. The van der Waals surface area contributed by atoms with Gasteiger partial charge in [-0.2, -0.15) is 18.3 Å². The van der Waals surface area contributed by atoms with Crippen molar-refractivity contribution >= 4 is 18.0 Å². The minimum atomic E-state index is -4.22. The third-order valence-electron chi connectivity index (χ3n) is 2.53. The summed E-state index contributed by atoms with van der Waals surface area (Å²) in [7, 11) is 0. The lowest BCUT2D eigenvalue weighted by atomic mass is 10.1. The highest BCUT2D eigenvalue weighted by Gasteiger charge is 2.27. The summed E-state index contributed by atoms with van der Waals surface area (Å²) in [6.45, 7) is 3.88. The van der Waals surface area contributed by atoms with Crippen LogP contribution >= 0.6 is 11.8 Å². The number of aldehydes is 1. The number of halogens is 3. The van der Waals surface area contributed by atoms with Crippen molar-refractivity contribution in [2.45, 2.75) is 38.7 Å². The SMILES string of the molecule is CCc1nn(CCSC(F)(F)F)c(CC)c1C=O. The number of rotatable bonds is 6. The van der Waals surface area contributed by atoms with Crippen LogP contribution in [0.15, 0.2) is 0 Å². The van der Waals surface area contributed by atoms with E-state index in [4.69, 9.17) is 0 Å². The number of alkyl halides is 3. The number of carbonyl (C=O) groups excluding carboxylic acids is 1. The van der Waals surface area contributed by atoms with Crippen LogP contribution in [0.2, 0.25) is 0 Å². The summed E-state index contributed by atoms with van der Waals surface area (Å²) < 4.78 is 37.6. The molecule has 18 heavy (non-hydrogen) atoms. The Hall–Kier alpha value is -0.980. The minimum Gasteiger partial charge on any atom is -0.298 e. The van der Waals surface area contributed by atoms with E-state index in [1.807, 2.05) is 13.8 Å². The Morgan fingerprint density at radius 2 is 2.00 bits per heavy atom. The molecule has 0 N–H and O–H groups in total. The van der Waals surface area contributed by atoms with Crippen LogP contribution in [-0.2, 0) is 19.4 Å². The number of aryl methyl sites for hydroxylation is 2. The third kappa shape index (κ3) is 3.76. The molecule has 0 aromatic carbocycles. The number of thioether (sulfide) groups is 1. The first kappa shape index (κ1) is 15.1. The first-order valence-corrected chi connectivity index (χ1v) is 6.65. The van der Waals surface area contributed by atoms with Gasteiger partial charge in [0, 0.05) is 11.4 Å². The Labute approximate surface area is 108 Å². The van der Waals surface area contributed by atoms with E-state index in [0.717, 1.165) is 6.29 Å². The quantitative estimate of drug-likeness (QED) is 0.751. The fourth-order valence-corrected chi connectivity index (χ4v) is 2.26. The van der Waals surface area contributed by atoms with Crippen molar-refractivity contribution in [2.75, 3.05) is 5.75 Å². The molecule has 7 heteroatoms. The fraction of sp³-hybridized carbons (Fsp3) is 0.636. The van der Waals surface area contributed by atoms with E-state index in [1.165, 1.54) is 4.68 Å². The van der Waals surface area contributed by atoms with Gasteiger partial charge in [-0.3, -0.25) is 9.48 Å². The average molecular weight is 280 g/mol. The topological polar surface area (TPSA) is 34.9 Å². The van der Waals surface area contributed by atoms with Crippen molar-refractivity contribution in [3.05, 3.63) is 17.0 Å². The third-order valence-corrected chi connectivity index (χ3v) is 3.25. The summed E-state index contributed by atoms with van der Waals surface area (Å²) in [5.74, 6) is -0.0976. The van der Waals surface area contributed by atoms with Crippen molar-refractivity contribution in [1.29, 1.82) is 0 Å². The monoisotopic (exact) mass is 280 g/mol. The average Bonchev–Trinajstić information content (AvgIpc) is 2.64. The molecule has 0 spiro atoms. The van der Waals surface area contributed by atoms with Crippen LogP contribution in [0.1, 0.15) is 35.6 Å². The van der Waals surface area contributed by atoms with Crippen molar-refractivity contribution in [1.82, 2.24) is 9.78 Å². The van der Waals surface area contributed by atoms with Crippen molar-refractivity contribution < 1.29 is 18.0 Å². The van der Waals surface area contributed by atoms with E-state index >= 15 is 0 Å². The first-order chi connectivity index (χ1) is 8.42. The van der Waals surface area contributed by atoms with Gasteiger partial charge in [-0.1, -0.05) is 13.8 Å². The Morgan fingerprint density at radius 3 is 2.44 bits per heavy atom. The molecule has 0 bridgehead atoms. The fourth-order valence-electron chi connectivity index (χ4n) is 1.77. The molecule has 0 unspecified atom stereocenters. The molecule has 0 saturated carbocycles. The number of carbonyl (C=O) groups is 1. The van der Waals surface area contributed by atoms with E-state index in [2.05, 4.69) is 5.10 Å². The molecule has 0 aliphatic carbocycles. The Morgan fingerprint density at radius 1 is 1.33 bits per heavy atom. The van der Waals surface area contributed by atoms with Crippen LogP contribution in [0.3, 0.4) is 0 Å². The van der Waals surface area contributed by atoms with Gasteiger partial charge in [-0.25, -0.2) is 0 Å². The highest BCUT2D eigenvalue weighted by Crippen LogP contribution is 2.30. The lowest BCUT2D eigenvalue weighted by Gasteiger charge is -2.08. The van der Waals surface area contributed by atoms with Gasteiger partial charge in [0.25, 0.3) is 0 Å². The van der Waals surface area contributed by atoms with Gasteiger partial charge in [-0.15, -0.1) is 0 Å². The number of hydrogen-bond acceptors (Lipinski definition) is 3. The Bertz CT molecular complexity index is 415. The van der Waals surface area contributed by atoms with Crippen LogP contribution in [0.25, 0.3) is 0 Å². The van der Waals surface area contributed by atoms with Crippen LogP contribution in [-0.4, -0.2) is 27.3 Å². The molecular formula is C11H15F3N2OS. The van der Waals surface area contributed by atoms with E-state index < -0.39 is 5.51 Å². The maximum absolute atomic E-state index is 12.0. The molecule has 1 heterocycles. The first-order valence-electron chi connectivity index (χ1n) is 5.67. The van der Waals surface area contributed by atoms with Crippen LogP contribution in [0.5, 0.6) is 0 Å². The van der Waals surface area contributed by atoms with Crippen molar-refractivity contribution in [2.24, 2.45) is 0 Å². The van der Waals surface area contributed by atoms with Gasteiger partial charge in [-0.05, 0) is 24.6 Å². The molecule has 0 aliphatic rings. The maximum Gasteiger partial charge on any atom is 0.441 e. The smallest absolute Gasteiger partial charge is 0.298 e. The van der Waals surface area contributed by atoms with E-state index in [-0.39, 0.29) is 24.1 Å². The largest absolute Gasteiger partial charge is 0.441 e. The standard InChI is InChI=1S/C11H15F3N2OS/c1-3-9-8(7-17)10(4-2)16(15-9)5-6-18-11(12,13)14/h7H,3-6H2,1-2H3. The van der Waals surface area contributed by atoms with Crippen molar-refractivity contribution in [3.8, 4) is 0 Å².